The maximum absolute atomic E-state index is 11.8. The summed E-state index contributed by atoms with van der Waals surface area (Å²) in [5, 5.41) is 6.35. The van der Waals surface area contributed by atoms with Gasteiger partial charge in [-0.05, 0) is 30.3 Å². The van der Waals surface area contributed by atoms with Crippen molar-refractivity contribution in [3.63, 3.8) is 0 Å². The highest BCUT2D eigenvalue weighted by atomic mass is 16.5. The minimum absolute atomic E-state index is 0.317. The fourth-order valence-corrected chi connectivity index (χ4v) is 1.67. The average molecular weight is 281 g/mol. The standard InChI is InChI=1S/C15H11N3O3/c19-15(7-6-11-4-1-2-8-16-11)17-14-10-13(21-18-14)12-5-3-9-20-12/h1-10H,(H,17,18,19)/b7-6+. The van der Waals surface area contributed by atoms with E-state index in [0.29, 0.717) is 23.0 Å². The monoisotopic (exact) mass is 281 g/mol. The quantitative estimate of drug-likeness (QED) is 0.743. The van der Waals surface area contributed by atoms with Gasteiger partial charge in [0.05, 0.1) is 12.0 Å². The zero-order valence-corrected chi connectivity index (χ0v) is 10.9. The van der Waals surface area contributed by atoms with Gasteiger partial charge < -0.3 is 14.3 Å². The number of anilines is 1. The Morgan fingerprint density at radius 2 is 2.14 bits per heavy atom. The van der Waals surface area contributed by atoms with Crippen molar-refractivity contribution in [2.45, 2.75) is 0 Å². The maximum atomic E-state index is 11.8. The summed E-state index contributed by atoms with van der Waals surface area (Å²) in [6.45, 7) is 0. The first kappa shape index (κ1) is 12.9. The van der Waals surface area contributed by atoms with Crippen molar-refractivity contribution in [2.24, 2.45) is 0 Å². The molecule has 3 rings (SSSR count). The molecule has 3 aromatic heterocycles. The molecular weight excluding hydrogens is 270 g/mol. The smallest absolute Gasteiger partial charge is 0.249 e. The number of hydrogen-bond acceptors (Lipinski definition) is 5. The number of rotatable bonds is 4. The molecule has 3 heterocycles. The lowest BCUT2D eigenvalue weighted by molar-refractivity contribution is -0.111. The molecule has 104 valence electrons. The second-order valence-electron chi connectivity index (χ2n) is 4.13. The Kier molecular flexibility index (Phi) is 3.60. The van der Waals surface area contributed by atoms with Gasteiger partial charge in [-0.15, -0.1) is 0 Å². The molecule has 0 unspecified atom stereocenters. The van der Waals surface area contributed by atoms with Gasteiger partial charge in [-0.25, -0.2) is 0 Å². The Bertz CT molecular complexity index is 746. The third-order valence-electron chi connectivity index (χ3n) is 2.62. The van der Waals surface area contributed by atoms with E-state index in [-0.39, 0.29) is 5.91 Å². The van der Waals surface area contributed by atoms with Crippen LogP contribution in [0.25, 0.3) is 17.6 Å². The summed E-state index contributed by atoms with van der Waals surface area (Å²) in [6.07, 6.45) is 6.18. The topological polar surface area (TPSA) is 81.2 Å². The Morgan fingerprint density at radius 1 is 1.19 bits per heavy atom. The average Bonchev–Trinajstić information content (AvgIpc) is 3.17. The van der Waals surface area contributed by atoms with Gasteiger partial charge in [-0.3, -0.25) is 9.78 Å². The third kappa shape index (κ3) is 3.24. The molecule has 6 heteroatoms. The lowest BCUT2D eigenvalue weighted by Crippen LogP contribution is -2.07. The van der Waals surface area contributed by atoms with Crippen LogP contribution in [-0.4, -0.2) is 16.0 Å². The van der Waals surface area contributed by atoms with Crippen LogP contribution in [-0.2, 0) is 4.79 Å². The molecule has 0 saturated heterocycles. The van der Waals surface area contributed by atoms with Gasteiger partial charge in [0.15, 0.2) is 11.6 Å². The van der Waals surface area contributed by atoms with Gasteiger partial charge >= 0.3 is 0 Å². The summed E-state index contributed by atoms with van der Waals surface area (Å²) in [5.41, 5.74) is 0.698. The molecule has 0 atom stereocenters. The number of hydrogen-bond donors (Lipinski definition) is 1. The largest absolute Gasteiger partial charge is 0.461 e. The first-order chi connectivity index (χ1) is 10.3. The molecule has 6 nitrogen and oxygen atoms in total. The number of pyridine rings is 1. The van der Waals surface area contributed by atoms with Crippen molar-refractivity contribution < 1.29 is 13.7 Å². The molecule has 0 radical (unpaired) electrons. The minimum atomic E-state index is -0.319. The number of nitrogens with one attached hydrogen (secondary N) is 1. The lowest BCUT2D eigenvalue weighted by atomic mass is 10.3. The molecule has 1 amide bonds. The first-order valence-electron chi connectivity index (χ1n) is 6.22. The number of carbonyl (C=O) groups is 1. The molecule has 0 aliphatic carbocycles. The van der Waals surface area contributed by atoms with Crippen molar-refractivity contribution in [3.05, 3.63) is 60.6 Å². The van der Waals surface area contributed by atoms with Gasteiger partial charge in [0.25, 0.3) is 0 Å². The number of nitrogens with zero attached hydrogens (tertiary/aromatic N) is 2. The highest BCUT2D eigenvalue weighted by molar-refractivity contribution is 6.01. The molecular formula is C15H11N3O3. The predicted octanol–water partition coefficient (Wildman–Crippen LogP) is 2.98. The summed E-state index contributed by atoms with van der Waals surface area (Å²) in [7, 11) is 0. The second-order valence-corrected chi connectivity index (χ2v) is 4.13. The van der Waals surface area contributed by atoms with E-state index in [1.54, 1.807) is 36.5 Å². The van der Waals surface area contributed by atoms with E-state index in [0.717, 1.165) is 0 Å². The van der Waals surface area contributed by atoms with Crippen LogP contribution < -0.4 is 5.32 Å². The Hall–Kier alpha value is -3.15. The molecule has 0 saturated carbocycles. The zero-order valence-electron chi connectivity index (χ0n) is 10.9. The molecule has 0 aliphatic heterocycles. The van der Waals surface area contributed by atoms with Crippen LogP contribution >= 0.6 is 0 Å². The van der Waals surface area contributed by atoms with E-state index in [2.05, 4.69) is 15.5 Å². The Labute approximate surface area is 120 Å². The summed E-state index contributed by atoms with van der Waals surface area (Å²) >= 11 is 0. The lowest BCUT2D eigenvalue weighted by Gasteiger charge is -1.94. The SMILES string of the molecule is O=C(/C=C/c1ccccn1)Nc1cc(-c2ccco2)on1. The van der Waals surface area contributed by atoms with Crippen LogP contribution in [0.5, 0.6) is 0 Å². The van der Waals surface area contributed by atoms with Crippen LogP contribution in [0.15, 0.2) is 63.9 Å². The van der Waals surface area contributed by atoms with Crippen LogP contribution in [0, 0.1) is 0 Å². The van der Waals surface area contributed by atoms with Crippen LogP contribution in [0.1, 0.15) is 5.69 Å². The normalized spacial score (nSPS) is 10.9. The highest BCUT2D eigenvalue weighted by Gasteiger charge is 2.09. The van der Waals surface area contributed by atoms with E-state index in [1.807, 2.05) is 12.1 Å². The van der Waals surface area contributed by atoms with Gasteiger partial charge in [0.1, 0.15) is 0 Å². The molecule has 0 aliphatic rings. The molecule has 0 bridgehead atoms. The van der Waals surface area contributed by atoms with Gasteiger partial charge in [-0.2, -0.15) is 0 Å². The number of amides is 1. The van der Waals surface area contributed by atoms with Gasteiger partial charge in [0, 0.05) is 18.3 Å². The first-order valence-corrected chi connectivity index (χ1v) is 6.22. The summed E-state index contributed by atoms with van der Waals surface area (Å²) in [5.74, 6) is 0.994. The van der Waals surface area contributed by atoms with E-state index in [1.165, 1.54) is 12.3 Å². The molecule has 1 N–H and O–H groups in total. The summed E-state index contributed by atoms with van der Waals surface area (Å²) in [6, 6.07) is 10.5. The van der Waals surface area contributed by atoms with Crippen LogP contribution in [0.3, 0.4) is 0 Å². The molecule has 0 aromatic carbocycles. The Balaban J connectivity index is 1.64. The predicted molar refractivity (Wildman–Crippen MR) is 76.1 cm³/mol. The van der Waals surface area contributed by atoms with Crippen LogP contribution in [0.4, 0.5) is 5.82 Å². The highest BCUT2D eigenvalue weighted by Crippen LogP contribution is 2.22. The fourth-order valence-electron chi connectivity index (χ4n) is 1.67. The van der Waals surface area contributed by atoms with E-state index >= 15 is 0 Å². The van der Waals surface area contributed by atoms with Crippen molar-refractivity contribution in [1.82, 2.24) is 10.1 Å². The number of furan rings is 1. The zero-order chi connectivity index (χ0) is 14.5. The molecule has 0 fully saturated rings. The van der Waals surface area contributed by atoms with Crippen molar-refractivity contribution >= 4 is 17.8 Å². The van der Waals surface area contributed by atoms with Crippen molar-refractivity contribution in [3.8, 4) is 11.5 Å². The van der Waals surface area contributed by atoms with E-state index < -0.39 is 0 Å². The van der Waals surface area contributed by atoms with Crippen molar-refractivity contribution in [1.29, 1.82) is 0 Å². The fraction of sp³-hybridized carbons (Fsp3) is 0. The number of carbonyl (C=O) groups excluding carboxylic acids is 1. The minimum Gasteiger partial charge on any atom is -0.461 e. The maximum Gasteiger partial charge on any atom is 0.249 e. The van der Waals surface area contributed by atoms with Crippen LogP contribution in [0.2, 0.25) is 0 Å². The van der Waals surface area contributed by atoms with Gasteiger partial charge in [-0.1, -0.05) is 11.2 Å². The molecule has 0 spiro atoms. The van der Waals surface area contributed by atoms with Gasteiger partial charge in [0.2, 0.25) is 11.7 Å². The van der Waals surface area contributed by atoms with Crippen molar-refractivity contribution in [2.75, 3.05) is 5.32 Å². The summed E-state index contributed by atoms with van der Waals surface area (Å²) < 4.78 is 10.3. The van der Waals surface area contributed by atoms with E-state index in [9.17, 15) is 4.79 Å². The summed E-state index contributed by atoms with van der Waals surface area (Å²) in [4.78, 5) is 15.8. The number of aromatic nitrogens is 2. The van der Waals surface area contributed by atoms with E-state index in [4.69, 9.17) is 8.94 Å². The molecule has 3 aromatic rings. The Morgan fingerprint density at radius 3 is 2.90 bits per heavy atom. The third-order valence-corrected chi connectivity index (χ3v) is 2.62. The second kappa shape index (κ2) is 5.87. The molecule has 21 heavy (non-hydrogen) atoms.